The van der Waals surface area contributed by atoms with Gasteiger partial charge in [0, 0.05) is 15.9 Å². The highest BCUT2D eigenvalue weighted by Gasteiger charge is 2.15. The molecule has 1 nitrogen and oxygen atoms in total. The molecule has 1 aromatic heterocycles. The van der Waals surface area contributed by atoms with Crippen molar-refractivity contribution in [3.63, 3.8) is 0 Å². The molecule has 0 spiro atoms. The van der Waals surface area contributed by atoms with Gasteiger partial charge in [-0.2, -0.15) is 0 Å². The molecule has 1 heterocycles. The van der Waals surface area contributed by atoms with Crippen LogP contribution in [0.25, 0.3) is 0 Å². The molecule has 19 heavy (non-hydrogen) atoms. The van der Waals surface area contributed by atoms with Gasteiger partial charge in [0.1, 0.15) is 5.82 Å². The zero-order chi connectivity index (χ0) is 13.8. The number of rotatable bonds is 5. The molecule has 102 valence electrons. The smallest absolute Gasteiger partial charge is 0.123 e. The van der Waals surface area contributed by atoms with Gasteiger partial charge in [0.15, 0.2) is 0 Å². The lowest BCUT2D eigenvalue weighted by Crippen LogP contribution is -2.22. The molecule has 0 saturated carbocycles. The minimum atomic E-state index is -0.248. The second-order valence-corrected chi connectivity index (χ2v) is 7.09. The van der Waals surface area contributed by atoms with Gasteiger partial charge in [0.05, 0.1) is 3.79 Å². The van der Waals surface area contributed by atoms with Crippen LogP contribution in [0.3, 0.4) is 0 Å². The average molecular weight is 363 g/mol. The lowest BCUT2D eigenvalue weighted by molar-refractivity contribution is 0.554. The molecule has 2 aromatic rings. The van der Waals surface area contributed by atoms with Gasteiger partial charge in [0.2, 0.25) is 0 Å². The summed E-state index contributed by atoms with van der Waals surface area (Å²) >= 11 is 11.3. The fourth-order valence-electron chi connectivity index (χ4n) is 1.95. The van der Waals surface area contributed by atoms with E-state index in [0.29, 0.717) is 11.4 Å². The van der Waals surface area contributed by atoms with Crippen molar-refractivity contribution in [3.05, 3.63) is 55.4 Å². The molecule has 1 aromatic carbocycles. The summed E-state index contributed by atoms with van der Waals surface area (Å²) in [6.07, 6.45) is 0.678. The highest BCUT2D eigenvalue weighted by Crippen LogP contribution is 2.31. The Morgan fingerprint density at radius 2 is 2.16 bits per heavy atom. The standard InChI is InChI=1S/C14H14BrClFNS/c1-2-18-12(13-5-6-14(15)19-13)8-9-7-10(17)3-4-11(9)16/h3-7,12,18H,2,8H2,1H3. The fraction of sp³-hybridized carbons (Fsp3) is 0.286. The number of likely N-dealkylation sites (N-methyl/N-ethyl adjacent to an activating group) is 1. The van der Waals surface area contributed by atoms with Crippen LogP contribution in [0.4, 0.5) is 4.39 Å². The molecular formula is C14H14BrClFNS. The number of halogens is 3. The third-order valence-corrected chi connectivity index (χ3v) is 4.93. The maximum atomic E-state index is 13.3. The van der Waals surface area contributed by atoms with Crippen molar-refractivity contribution >= 4 is 38.9 Å². The van der Waals surface area contributed by atoms with E-state index in [1.165, 1.54) is 17.0 Å². The van der Waals surface area contributed by atoms with Crippen molar-refractivity contribution in [1.82, 2.24) is 5.32 Å². The zero-order valence-electron chi connectivity index (χ0n) is 10.4. The summed E-state index contributed by atoms with van der Waals surface area (Å²) < 4.78 is 14.4. The number of nitrogens with one attached hydrogen (secondary N) is 1. The van der Waals surface area contributed by atoms with Gasteiger partial charge in [-0.15, -0.1) is 11.3 Å². The van der Waals surface area contributed by atoms with Gasteiger partial charge >= 0.3 is 0 Å². The highest BCUT2D eigenvalue weighted by atomic mass is 79.9. The van der Waals surface area contributed by atoms with E-state index in [-0.39, 0.29) is 11.9 Å². The minimum absolute atomic E-state index is 0.153. The second kappa shape index (κ2) is 6.84. The Balaban J connectivity index is 2.23. The Hall–Kier alpha value is -0.420. The number of thiophene rings is 1. The Labute approximate surface area is 129 Å². The summed E-state index contributed by atoms with van der Waals surface area (Å²) in [6.45, 7) is 2.91. The van der Waals surface area contributed by atoms with Crippen LogP contribution in [0, 0.1) is 5.82 Å². The van der Waals surface area contributed by atoms with Crippen molar-refractivity contribution in [2.45, 2.75) is 19.4 Å². The second-order valence-electron chi connectivity index (χ2n) is 4.19. The largest absolute Gasteiger partial charge is 0.309 e. The predicted octanol–water partition coefficient (Wildman–Crippen LogP) is 5.20. The quantitative estimate of drug-likeness (QED) is 0.771. The molecule has 5 heteroatoms. The topological polar surface area (TPSA) is 12.0 Å². The molecule has 0 aliphatic carbocycles. The molecule has 0 aliphatic rings. The Kier molecular flexibility index (Phi) is 5.39. The third-order valence-electron chi connectivity index (χ3n) is 2.82. The summed E-state index contributed by atoms with van der Waals surface area (Å²) in [6, 6.07) is 8.76. The molecule has 0 aliphatic heterocycles. The van der Waals surface area contributed by atoms with Crippen molar-refractivity contribution in [2.75, 3.05) is 6.54 Å². The first kappa shape index (κ1) is 15.0. The first-order valence-corrected chi connectivity index (χ1v) is 8.01. The summed E-state index contributed by atoms with van der Waals surface area (Å²) in [5.74, 6) is -0.248. The van der Waals surface area contributed by atoms with E-state index in [1.807, 2.05) is 6.07 Å². The van der Waals surface area contributed by atoms with Crippen LogP contribution in [0.5, 0.6) is 0 Å². The molecule has 0 bridgehead atoms. The summed E-state index contributed by atoms with van der Waals surface area (Å²) in [7, 11) is 0. The number of hydrogen-bond acceptors (Lipinski definition) is 2. The van der Waals surface area contributed by atoms with Crippen LogP contribution >= 0.6 is 38.9 Å². The molecular weight excluding hydrogens is 349 g/mol. The Bertz CT molecular complexity index is 558. The minimum Gasteiger partial charge on any atom is -0.309 e. The summed E-state index contributed by atoms with van der Waals surface area (Å²) in [5.41, 5.74) is 0.831. The van der Waals surface area contributed by atoms with Crippen LogP contribution in [-0.2, 0) is 6.42 Å². The Morgan fingerprint density at radius 1 is 1.37 bits per heavy atom. The monoisotopic (exact) mass is 361 g/mol. The van der Waals surface area contributed by atoms with Crippen LogP contribution in [0.2, 0.25) is 5.02 Å². The van der Waals surface area contributed by atoms with E-state index in [9.17, 15) is 4.39 Å². The van der Waals surface area contributed by atoms with Crippen LogP contribution in [-0.4, -0.2) is 6.54 Å². The molecule has 0 fully saturated rings. The maximum absolute atomic E-state index is 13.3. The van der Waals surface area contributed by atoms with E-state index in [4.69, 9.17) is 11.6 Å². The molecule has 2 rings (SSSR count). The van der Waals surface area contributed by atoms with Gasteiger partial charge in [0.25, 0.3) is 0 Å². The molecule has 1 N–H and O–H groups in total. The van der Waals surface area contributed by atoms with Crippen LogP contribution in [0.1, 0.15) is 23.4 Å². The van der Waals surface area contributed by atoms with Crippen molar-refractivity contribution in [1.29, 1.82) is 0 Å². The summed E-state index contributed by atoms with van der Waals surface area (Å²) in [4.78, 5) is 1.22. The van der Waals surface area contributed by atoms with Crippen molar-refractivity contribution < 1.29 is 4.39 Å². The van der Waals surface area contributed by atoms with Crippen molar-refractivity contribution in [3.8, 4) is 0 Å². The SMILES string of the molecule is CCNC(Cc1cc(F)ccc1Cl)c1ccc(Br)s1. The number of benzene rings is 1. The Morgan fingerprint density at radius 3 is 2.79 bits per heavy atom. The van der Waals surface area contributed by atoms with Crippen LogP contribution < -0.4 is 5.32 Å². The lowest BCUT2D eigenvalue weighted by atomic mass is 10.0. The van der Waals surface area contributed by atoms with Gasteiger partial charge < -0.3 is 5.32 Å². The molecule has 0 amide bonds. The van der Waals surface area contributed by atoms with E-state index in [1.54, 1.807) is 17.4 Å². The molecule has 0 radical (unpaired) electrons. The molecule has 1 atom stereocenters. The first-order chi connectivity index (χ1) is 9.10. The van der Waals surface area contributed by atoms with E-state index >= 15 is 0 Å². The maximum Gasteiger partial charge on any atom is 0.123 e. The summed E-state index contributed by atoms with van der Waals surface area (Å²) in [5, 5.41) is 4.03. The van der Waals surface area contributed by atoms with E-state index in [2.05, 4.69) is 34.2 Å². The van der Waals surface area contributed by atoms with Gasteiger partial charge in [-0.1, -0.05) is 18.5 Å². The van der Waals surface area contributed by atoms with E-state index in [0.717, 1.165) is 15.9 Å². The third kappa shape index (κ3) is 4.02. The lowest BCUT2D eigenvalue weighted by Gasteiger charge is -2.17. The van der Waals surface area contributed by atoms with Crippen molar-refractivity contribution in [2.24, 2.45) is 0 Å². The normalized spacial score (nSPS) is 12.6. The van der Waals surface area contributed by atoms with Gasteiger partial charge in [-0.05, 0) is 64.8 Å². The van der Waals surface area contributed by atoms with Gasteiger partial charge in [-0.25, -0.2) is 4.39 Å². The highest BCUT2D eigenvalue weighted by molar-refractivity contribution is 9.11. The van der Waals surface area contributed by atoms with E-state index < -0.39 is 0 Å². The van der Waals surface area contributed by atoms with Gasteiger partial charge in [-0.3, -0.25) is 0 Å². The predicted molar refractivity (Wildman–Crippen MR) is 83.6 cm³/mol. The average Bonchev–Trinajstić information content (AvgIpc) is 2.80. The van der Waals surface area contributed by atoms with Crippen LogP contribution in [0.15, 0.2) is 34.1 Å². The number of hydrogen-bond donors (Lipinski definition) is 1. The molecule has 1 unspecified atom stereocenters. The molecule has 0 saturated heterocycles. The fourth-order valence-corrected chi connectivity index (χ4v) is 3.65. The zero-order valence-corrected chi connectivity index (χ0v) is 13.6. The first-order valence-electron chi connectivity index (χ1n) is 6.02.